The molecule has 60 valence electrons. The first-order valence-electron chi connectivity index (χ1n) is 4.13. The number of nitrogens with two attached hydrogens (primary N) is 2. The molecular weight excluding hydrogens is 124 g/mol. The summed E-state index contributed by atoms with van der Waals surface area (Å²) in [6.07, 6.45) is 3.77. The van der Waals surface area contributed by atoms with Crippen LogP contribution in [0.3, 0.4) is 0 Å². The van der Waals surface area contributed by atoms with Crippen LogP contribution in [0.4, 0.5) is 0 Å². The average Bonchev–Trinajstić information content (AvgIpc) is 2.59. The fourth-order valence-electron chi connectivity index (χ4n) is 1.57. The molecule has 2 heteroatoms. The largest absolute Gasteiger partial charge is 0.330 e. The van der Waals surface area contributed by atoms with Gasteiger partial charge in [-0.15, -0.1) is 0 Å². The van der Waals surface area contributed by atoms with E-state index in [1.54, 1.807) is 0 Å². The van der Waals surface area contributed by atoms with Gasteiger partial charge in [-0.2, -0.15) is 0 Å². The molecule has 1 aliphatic rings. The van der Waals surface area contributed by atoms with Gasteiger partial charge >= 0.3 is 0 Å². The Labute approximate surface area is 63.0 Å². The van der Waals surface area contributed by atoms with Crippen molar-refractivity contribution < 1.29 is 0 Å². The maximum absolute atomic E-state index is 5.60. The fourth-order valence-corrected chi connectivity index (χ4v) is 1.57. The zero-order chi connectivity index (χ0) is 7.61. The lowest BCUT2D eigenvalue weighted by Gasteiger charge is -2.05. The molecule has 0 aromatic carbocycles. The zero-order valence-corrected chi connectivity index (χ0v) is 6.77. The molecule has 0 bridgehead atoms. The van der Waals surface area contributed by atoms with Gasteiger partial charge in [-0.25, -0.2) is 0 Å². The Morgan fingerprint density at radius 1 is 1.50 bits per heavy atom. The number of hydrogen-bond donors (Lipinski definition) is 2. The van der Waals surface area contributed by atoms with Crippen LogP contribution in [0.15, 0.2) is 0 Å². The molecule has 0 spiro atoms. The van der Waals surface area contributed by atoms with Gasteiger partial charge in [0.25, 0.3) is 0 Å². The molecular formula is C8H18N2. The first-order valence-corrected chi connectivity index (χ1v) is 4.13. The summed E-state index contributed by atoms with van der Waals surface area (Å²) in [4.78, 5) is 0. The summed E-state index contributed by atoms with van der Waals surface area (Å²) in [6.45, 7) is 3.95. The van der Waals surface area contributed by atoms with Gasteiger partial charge in [0.15, 0.2) is 0 Å². The summed E-state index contributed by atoms with van der Waals surface area (Å²) in [5.41, 5.74) is 11.5. The van der Waals surface area contributed by atoms with Crippen LogP contribution in [-0.4, -0.2) is 13.1 Å². The van der Waals surface area contributed by atoms with Gasteiger partial charge in [0.2, 0.25) is 0 Å². The van der Waals surface area contributed by atoms with E-state index < -0.39 is 0 Å². The van der Waals surface area contributed by atoms with Gasteiger partial charge in [0.1, 0.15) is 0 Å². The smallest absolute Gasteiger partial charge is 0.00204 e. The van der Waals surface area contributed by atoms with Gasteiger partial charge in [-0.3, -0.25) is 0 Å². The molecule has 0 aliphatic heterocycles. The standard InChI is InChI=1S/C8H18N2/c1-8(6-10)5-7(8)3-2-4-9/h7H,2-6,9-10H2,1H3. The van der Waals surface area contributed by atoms with Gasteiger partial charge < -0.3 is 11.5 Å². The van der Waals surface area contributed by atoms with Crippen molar-refractivity contribution in [3.05, 3.63) is 0 Å². The molecule has 10 heavy (non-hydrogen) atoms. The van der Waals surface area contributed by atoms with Crippen LogP contribution in [0.5, 0.6) is 0 Å². The molecule has 0 aromatic heterocycles. The maximum atomic E-state index is 5.60. The van der Waals surface area contributed by atoms with E-state index in [1.165, 1.54) is 19.3 Å². The second-order valence-corrected chi connectivity index (χ2v) is 3.69. The molecule has 2 unspecified atom stereocenters. The topological polar surface area (TPSA) is 52.0 Å². The Bertz CT molecular complexity index is 114. The normalized spacial score (nSPS) is 38.1. The van der Waals surface area contributed by atoms with E-state index in [0.717, 1.165) is 19.0 Å². The Hall–Kier alpha value is -0.0800. The molecule has 1 rings (SSSR count). The van der Waals surface area contributed by atoms with Crippen LogP contribution in [0.2, 0.25) is 0 Å². The predicted octanol–water partition coefficient (Wildman–Crippen LogP) is 0.710. The minimum Gasteiger partial charge on any atom is -0.330 e. The van der Waals surface area contributed by atoms with Crippen molar-refractivity contribution in [1.82, 2.24) is 0 Å². The molecule has 0 amide bonds. The van der Waals surface area contributed by atoms with Crippen LogP contribution < -0.4 is 11.5 Å². The molecule has 4 N–H and O–H groups in total. The van der Waals surface area contributed by atoms with E-state index in [2.05, 4.69) is 6.92 Å². The highest BCUT2D eigenvalue weighted by atomic mass is 14.7. The van der Waals surface area contributed by atoms with Crippen molar-refractivity contribution in [3.63, 3.8) is 0 Å². The summed E-state index contributed by atoms with van der Waals surface area (Å²) in [5.74, 6) is 0.876. The highest BCUT2D eigenvalue weighted by Gasteiger charge is 2.47. The fraction of sp³-hybridized carbons (Fsp3) is 1.00. The molecule has 0 heterocycles. The van der Waals surface area contributed by atoms with E-state index in [9.17, 15) is 0 Å². The van der Waals surface area contributed by atoms with E-state index in [-0.39, 0.29) is 0 Å². The lowest BCUT2D eigenvalue weighted by molar-refractivity contribution is 0.488. The van der Waals surface area contributed by atoms with E-state index in [4.69, 9.17) is 11.5 Å². The minimum absolute atomic E-state index is 0.481. The highest BCUT2D eigenvalue weighted by molar-refractivity contribution is 4.98. The number of hydrogen-bond acceptors (Lipinski definition) is 2. The Balaban J connectivity index is 2.12. The predicted molar refractivity (Wildman–Crippen MR) is 43.6 cm³/mol. The summed E-state index contributed by atoms with van der Waals surface area (Å²) in [6, 6.07) is 0. The van der Waals surface area contributed by atoms with Crippen molar-refractivity contribution >= 4 is 0 Å². The maximum Gasteiger partial charge on any atom is -0.00204 e. The summed E-state index contributed by atoms with van der Waals surface area (Å²) in [5, 5.41) is 0. The van der Waals surface area contributed by atoms with Crippen molar-refractivity contribution in [2.24, 2.45) is 22.8 Å². The summed E-state index contributed by atoms with van der Waals surface area (Å²) < 4.78 is 0. The van der Waals surface area contributed by atoms with Crippen molar-refractivity contribution in [1.29, 1.82) is 0 Å². The molecule has 2 nitrogen and oxygen atoms in total. The molecule has 0 radical (unpaired) electrons. The van der Waals surface area contributed by atoms with Crippen molar-refractivity contribution in [2.45, 2.75) is 26.2 Å². The third kappa shape index (κ3) is 1.50. The Morgan fingerprint density at radius 2 is 2.20 bits per heavy atom. The third-order valence-electron chi connectivity index (χ3n) is 2.76. The van der Waals surface area contributed by atoms with Gasteiger partial charge in [-0.1, -0.05) is 6.92 Å². The first kappa shape index (κ1) is 8.02. The highest BCUT2D eigenvalue weighted by Crippen LogP contribution is 2.53. The minimum atomic E-state index is 0.481. The van der Waals surface area contributed by atoms with Gasteiger partial charge in [-0.05, 0) is 43.7 Å². The third-order valence-corrected chi connectivity index (χ3v) is 2.76. The van der Waals surface area contributed by atoms with Crippen molar-refractivity contribution in [3.8, 4) is 0 Å². The molecule has 0 saturated heterocycles. The van der Waals surface area contributed by atoms with Crippen LogP contribution in [0, 0.1) is 11.3 Å². The summed E-state index contributed by atoms with van der Waals surface area (Å²) >= 11 is 0. The lowest BCUT2D eigenvalue weighted by atomic mass is 10.0. The van der Waals surface area contributed by atoms with Gasteiger partial charge in [0.05, 0.1) is 0 Å². The van der Waals surface area contributed by atoms with E-state index >= 15 is 0 Å². The van der Waals surface area contributed by atoms with Crippen LogP contribution in [-0.2, 0) is 0 Å². The van der Waals surface area contributed by atoms with Gasteiger partial charge in [0, 0.05) is 0 Å². The molecule has 2 atom stereocenters. The van der Waals surface area contributed by atoms with Crippen LogP contribution in [0.25, 0.3) is 0 Å². The lowest BCUT2D eigenvalue weighted by Crippen LogP contribution is -2.14. The molecule has 0 aromatic rings. The van der Waals surface area contributed by atoms with E-state index in [1.807, 2.05) is 0 Å². The first-order chi connectivity index (χ1) is 4.73. The monoisotopic (exact) mass is 142 g/mol. The SMILES string of the molecule is CC1(CN)CC1CCCN. The number of rotatable bonds is 4. The summed E-state index contributed by atoms with van der Waals surface area (Å²) in [7, 11) is 0. The second kappa shape index (κ2) is 2.89. The second-order valence-electron chi connectivity index (χ2n) is 3.69. The van der Waals surface area contributed by atoms with Crippen LogP contribution in [0.1, 0.15) is 26.2 Å². The molecule has 1 saturated carbocycles. The quantitative estimate of drug-likeness (QED) is 0.607. The van der Waals surface area contributed by atoms with Crippen LogP contribution >= 0.6 is 0 Å². The van der Waals surface area contributed by atoms with E-state index in [0.29, 0.717) is 5.41 Å². The average molecular weight is 142 g/mol. The Morgan fingerprint density at radius 3 is 2.60 bits per heavy atom. The molecule has 1 aliphatic carbocycles. The zero-order valence-electron chi connectivity index (χ0n) is 6.77. The molecule has 1 fully saturated rings. The Kier molecular flexibility index (Phi) is 2.32. The van der Waals surface area contributed by atoms with Crippen molar-refractivity contribution in [2.75, 3.05) is 13.1 Å².